The number of nitriles is 1. The number of nitrogens with zero attached hydrogens (tertiary/aromatic N) is 2. The summed E-state index contributed by atoms with van der Waals surface area (Å²) in [6.07, 6.45) is -0.470. The molecule has 3 heterocycles. The van der Waals surface area contributed by atoms with Gasteiger partial charge in [-0.3, -0.25) is 14.9 Å². The Morgan fingerprint density at radius 1 is 0.939 bits per heavy atom. The van der Waals surface area contributed by atoms with E-state index in [1.54, 1.807) is 43.3 Å². The number of esters is 1. The van der Waals surface area contributed by atoms with Gasteiger partial charge in [0.25, 0.3) is 0 Å². The van der Waals surface area contributed by atoms with Gasteiger partial charge in [-0.25, -0.2) is 13.2 Å². The van der Waals surface area contributed by atoms with E-state index in [9.17, 15) is 28.1 Å². The Labute approximate surface area is 396 Å². The third-order valence-electron chi connectivity index (χ3n) is 11.7. The van der Waals surface area contributed by atoms with Gasteiger partial charge in [0.2, 0.25) is 21.8 Å². The van der Waals surface area contributed by atoms with Crippen molar-refractivity contribution in [3.8, 4) is 34.4 Å². The topological polar surface area (TPSA) is 185 Å². The fourth-order valence-electron chi connectivity index (χ4n) is 8.03. The van der Waals surface area contributed by atoms with Crippen LogP contribution in [0.2, 0.25) is 10.0 Å². The number of carbonyl (C=O) groups is 3. The van der Waals surface area contributed by atoms with Crippen molar-refractivity contribution in [2.24, 2.45) is 0 Å². The second kappa shape index (κ2) is 19.6. The number of amides is 2. The number of thioether (sulfide) groups is 1. The van der Waals surface area contributed by atoms with Crippen molar-refractivity contribution in [3.63, 3.8) is 0 Å². The average Bonchev–Trinajstić information content (AvgIpc) is 3.71. The van der Waals surface area contributed by atoms with Crippen LogP contribution in [0, 0.1) is 11.3 Å². The standard InChI is InChI=1S/C48H45Cl2N5O9S2/c1-28(56)53-47-52-27-48(2,65-47)66(59,60)55-24-36-22-43-42(63-26-44(64-43)34-13-15-37(16-14-34)62-25-31-8-17-38(49)39(50)18-31)21-35(36)20-41(55)45(57)54-40(46(58)61-3)19-29-4-9-32(10-5-29)33-11-6-30(23-51)7-12-33/h4-18,21-22,40-41,44,47,52H,19-20,24-27H2,1-3H3,(H,53,56)(H,54,57)/t40-,41-,44?,47?,48?/m0/s1. The summed E-state index contributed by atoms with van der Waals surface area (Å²) in [6, 6.07) is 30.5. The molecule has 3 N–H and O–H groups in total. The molecule has 5 aromatic carbocycles. The lowest BCUT2D eigenvalue weighted by Crippen LogP contribution is -2.59. The highest BCUT2D eigenvalue weighted by Crippen LogP contribution is 2.45. The Morgan fingerprint density at radius 2 is 1.62 bits per heavy atom. The van der Waals surface area contributed by atoms with Crippen LogP contribution in [0.1, 0.15) is 53.3 Å². The first-order valence-corrected chi connectivity index (χ1v) is 24.0. The Kier molecular flexibility index (Phi) is 13.9. The van der Waals surface area contributed by atoms with Crippen LogP contribution in [0.4, 0.5) is 0 Å². The van der Waals surface area contributed by atoms with E-state index in [0.717, 1.165) is 39.6 Å². The molecule has 1 saturated heterocycles. The van der Waals surface area contributed by atoms with Gasteiger partial charge in [0.05, 0.1) is 28.8 Å². The molecule has 0 spiro atoms. The number of hydrogen-bond acceptors (Lipinski definition) is 12. The van der Waals surface area contributed by atoms with Gasteiger partial charge in [-0.15, -0.1) is 0 Å². The monoisotopic (exact) mass is 969 g/mol. The maximum Gasteiger partial charge on any atom is 0.328 e. The van der Waals surface area contributed by atoms with Gasteiger partial charge in [-0.1, -0.05) is 89.6 Å². The minimum atomic E-state index is -4.34. The highest BCUT2D eigenvalue weighted by Gasteiger charge is 2.53. The quantitative estimate of drug-likeness (QED) is 0.102. The molecule has 0 saturated carbocycles. The number of sulfonamides is 1. The molecule has 2 amide bonds. The Bertz CT molecular complexity index is 2810. The van der Waals surface area contributed by atoms with Crippen LogP contribution in [-0.4, -0.2) is 72.4 Å². The fraction of sp³-hybridized carbons (Fsp3) is 0.292. The zero-order valence-electron chi connectivity index (χ0n) is 36.0. The molecule has 0 aliphatic carbocycles. The number of rotatable bonds is 13. The number of nitrogens with one attached hydrogen (secondary N) is 3. The van der Waals surface area contributed by atoms with E-state index in [-0.39, 0.29) is 38.4 Å². The summed E-state index contributed by atoms with van der Waals surface area (Å²) in [4.78, 5) is 39.8. The van der Waals surface area contributed by atoms with Gasteiger partial charge in [0.1, 0.15) is 40.6 Å². The van der Waals surface area contributed by atoms with Gasteiger partial charge in [0, 0.05) is 26.4 Å². The molecule has 5 aromatic rings. The molecule has 66 heavy (non-hydrogen) atoms. The van der Waals surface area contributed by atoms with Gasteiger partial charge in [-0.05, 0) is 101 Å². The number of hydrogen-bond donors (Lipinski definition) is 3. The molecular formula is C48H45Cl2N5O9S2. The predicted molar refractivity (Wildman–Crippen MR) is 250 cm³/mol. The van der Waals surface area contributed by atoms with Crippen molar-refractivity contribution in [1.29, 1.82) is 5.26 Å². The minimum Gasteiger partial charge on any atom is -0.489 e. The van der Waals surface area contributed by atoms with Crippen LogP contribution in [0.5, 0.6) is 17.2 Å². The molecule has 0 aromatic heterocycles. The molecule has 1 fully saturated rings. The Hall–Kier alpha value is -5.80. The maximum atomic E-state index is 14.9. The molecule has 3 aliphatic heterocycles. The lowest BCUT2D eigenvalue weighted by atomic mass is 9.93. The smallest absolute Gasteiger partial charge is 0.328 e. The van der Waals surface area contributed by atoms with Crippen LogP contribution in [0.15, 0.2) is 103 Å². The number of carbonyl (C=O) groups excluding carboxylic acids is 3. The van der Waals surface area contributed by atoms with Crippen LogP contribution >= 0.6 is 35.0 Å². The van der Waals surface area contributed by atoms with Crippen molar-refractivity contribution in [2.75, 3.05) is 20.3 Å². The SMILES string of the molecule is COC(=O)[C@H](Cc1ccc(-c2ccc(C#N)cc2)cc1)NC(=O)[C@@H]1Cc2cc3c(cc2CN1S(=O)(=O)C1(C)CNC(NC(C)=O)S1)OC(c1ccc(OCc2ccc(Cl)c(Cl)c2)cc1)CO3. The van der Waals surface area contributed by atoms with Crippen molar-refractivity contribution in [2.45, 2.75) is 67.6 Å². The summed E-state index contributed by atoms with van der Waals surface area (Å²) in [5.74, 6) is -0.236. The summed E-state index contributed by atoms with van der Waals surface area (Å²) < 4.78 is 53.3. The van der Waals surface area contributed by atoms with E-state index in [2.05, 4.69) is 22.0 Å². The third-order valence-corrected chi connectivity index (χ3v) is 16.7. The predicted octanol–water partition coefficient (Wildman–Crippen LogP) is 7.05. The molecule has 3 unspecified atom stereocenters. The lowest BCUT2D eigenvalue weighted by Gasteiger charge is -2.40. The molecule has 18 heteroatoms. The average molecular weight is 971 g/mol. The number of methoxy groups -OCH3 is 1. The highest BCUT2D eigenvalue weighted by atomic mass is 35.5. The molecule has 5 atom stereocenters. The summed E-state index contributed by atoms with van der Waals surface area (Å²) in [5.41, 5.74) is 5.35. The second-order valence-electron chi connectivity index (χ2n) is 16.2. The van der Waals surface area contributed by atoms with E-state index in [4.69, 9.17) is 42.1 Å². The third kappa shape index (κ3) is 10.1. The van der Waals surface area contributed by atoms with Crippen LogP contribution < -0.4 is 30.2 Å². The van der Waals surface area contributed by atoms with E-state index in [1.165, 1.54) is 18.3 Å². The highest BCUT2D eigenvalue weighted by molar-refractivity contribution is 8.14. The zero-order valence-corrected chi connectivity index (χ0v) is 39.2. The summed E-state index contributed by atoms with van der Waals surface area (Å²) in [5, 5.41) is 18.7. The lowest BCUT2D eigenvalue weighted by molar-refractivity contribution is -0.145. The second-order valence-corrected chi connectivity index (χ2v) is 21.3. The van der Waals surface area contributed by atoms with E-state index in [1.807, 2.05) is 66.7 Å². The van der Waals surface area contributed by atoms with Crippen molar-refractivity contribution in [1.82, 2.24) is 20.3 Å². The van der Waals surface area contributed by atoms with E-state index < -0.39 is 49.7 Å². The summed E-state index contributed by atoms with van der Waals surface area (Å²) in [7, 11) is -3.12. The Balaban J connectivity index is 1.02. The van der Waals surface area contributed by atoms with Gasteiger partial charge in [-0.2, -0.15) is 9.57 Å². The first kappa shape index (κ1) is 46.7. The molecule has 342 valence electrons. The summed E-state index contributed by atoms with van der Waals surface area (Å²) in [6.45, 7) is 3.17. The van der Waals surface area contributed by atoms with Crippen molar-refractivity contribution >= 4 is 62.8 Å². The molecule has 14 nitrogen and oxygen atoms in total. The normalized spacial score (nSPS) is 20.6. The molecule has 0 bridgehead atoms. The van der Waals surface area contributed by atoms with Crippen LogP contribution in [0.3, 0.4) is 0 Å². The number of ether oxygens (including phenoxy) is 4. The first-order valence-electron chi connectivity index (χ1n) is 20.9. The largest absolute Gasteiger partial charge is 0.489 e. The van der Waals surface area contributed by atoms with Crippen molar-refractivity contribution in [3.05, 3.63) is 147 Å². The number of benzene rings is 5. The minimum absolute atomic E-state index is 0.0198. The maximum absolute atomic E-state index is 14.9. The van der Waals surface area contributed by atoms with Crippen molar-refractivity contribution < 1.29 is 41.7 Å². The van der Waals surface area contributed by atoms with Crippen LogP contribution in [0.25, 0.3) is 11.1 Å². The zero-order chi connectivity index (χ0) is 46.8. The van der Waals surface area contributed by atoms with E-state index in [0.29, 0.717) is 50.6 Å². The molecule has 3 aliphatic rings. The first-order chi connectivity index (χ1) is 31.6. The van der Waals surface area contributed by atoms with E-state index >= 15 is 0 Å². The molecule has 8 rings (SSSR count). The van der Waals surface area contributed by atoms with Crippen LogP contribution in [-0.2, 0) is 55.1 Å². The summed E-state index contributed by atoms with van der Waals surface area (Å²) >= 11 is 13.2. The fourth-order valence-corrected chi connectivity index (χ4v) is 12.0. The number of halogens is 2. The van der Waals surface area contributed by atoms with Gasteiger partial charge in [0.15, 0.2) is 17.6 Å². The number of fused-ring (bicyclic) bond motifs is 2. The van der Waals surface area contributed by atoms with Gasteiger partial charge < -0.3 is 29.6 Å². The molecule has 0 radical (unpaired) electrons. The van der Waals surface area contributed by atoms with Gasteiger partial charge >= 0.3 is 5.97 Å². The molecular weight excluding hydrogens is 926 g/mol. The Morgan fingerprint density at radius 3 is 2.29 bits per heavy atom.